The van der Waals surface area contributed by atoms with E-state index in [4.69, 9.17) is 15.2 Å². The highest BCUT2D eigenvalue weighted by Crippen LogP contribution is 2.34. The first-order valence-corrected chi connectivity index (χ1v) is 7.64. The lowest BCUT2D eigenvalue weighted by Gasteiger charge is -2.30. The second kappa shape index (κ2) is 7.31. The van der Waals surface area contributed by atoms with E-state index in [-0.39, 0.29) is 31.5 Å². The van der Waals surface area contributed by atoms with Crippen molar-refractivity contribution in [2.45, 2.75) is 30.9 Å². The highest BCUT2D eigenvalue weighted by molar-refractivity contribution is 5.98. The summed E-state index contributed by atoms with van der Waals surface area (Å²) in [4.78, 5) is 13.5. The normalized spacial score (nSPS) is 21.0. The van der Waals surface area contributed by atoms with Crippen molar-refractivity contribution in [1.29, 1.82) is 0 Å². The van der Waals surface area contributed by atoms with Crippen molar-refractivity contribution in [3.63, 3.8) is 0 Å². The van der Waals surface area contributed by atoms with Gasteiger partial charge in [-0.25, -0.2) is 0 Å². The van der Waals surface area contributed by atoms with Gasteiger partial charge < -0.3 is 25.2 Å². The van der Waals surface area contributed by atoms with Gasteiger partial charge in [-0.3, -0.25) is 4.79 Å². The molecule has 3 rings (SSSR count). The van der Waals surface area contributed by atoms with E-state index in [9.17, 15) is 9.90 Å². The van der Waals surface area contributed by atoms with Gasteiger partial charge in [0, 0.05) is 13.1 Å². The predicted octanol–water partition coefficient (Wildman–Crippen LogP) is 1.09. The number of hydrogen-bond donors (Lipinski definition) is 2. The van der Waals surface area contributed by atoms with Crippen LogP contribution >= 0.6 is 12.4 Å². The SMILES string of the molecule is CN1C(=O)[C@@H](N)COc2ccc(OCC#CC3(O)CCC3)cc21.Cl. The predicted molar refractivity (Wildman–Crippen MR) is 92.6 cm³/mol. The van der Waals surface area contributed by atoms with Gasteiger partial charge in [-0.1, -0.05) is 11.8 Å². The second-order valence-corrected chi connectivity index (χ2v) is 5.92. The number of likely N-dealkylation sites (N-methyl/N-ethyl adjacent to an activating group) is 1. The van der Waals surface area contributed by atoms with E-state index >= 15 is 0 Å². The molecular weight excluding hydrogens is 332 g/mol. The number of aliphatic hydroxyl groups is 1. The molecule has 2 aliphatic rings. The molecule has 3 N–H and O–H groups in total. The van der Waals surface area contributed by atoms with Gasteiger partial charge in [0.1, 0.15) is 36.4 Å². The minimum atomic E-state index is -0.826. The molecule has 0 unspecified atom stereocenters. The van der Waals surface area contributed by atoms with E-state index in [1.807, 2.05) is 0 Å². The maximum atomic E-state index is 12.1. The Bertz CT molecular complexity index is 679. The Morgan fingerprint density at radius 1 is 1.50 bits per heavy atom. The van der Waals surface area contributed by atoms with Gasteiger partial charge in [0.15, 0.2) is 0 Å². The van der Waals surface area contributed by atoms with Crippen LogP contribution in [0.5, 0.6) is 11.5 Å². The smallest absolute Gasteiger partial charge is 0.247 e. The summed E-state index contributed by atoms with van der Waals surface area (Å²) in [5, 5.41) is 9.88. The van der Waals surface area contributed by atoms with Crippen molar-refractivity contribution in [3.05, 3.63) is 18.2 Å². The molecule has 1 aliphatic heterocycles. The molecule has 1 saturated carbocycles. The largest absolute Gasteiger partial charge is 0.489 e. The summed E-state index contributed by atoms with van der Waals surface area (Å²) < 4.78 is 11.1. The van der Waals surface area contributed by atoms with Gasteiger partial charge in [0.05, 0.1) is 5.69 Å². The average molecular weight is 353 g/mol. The molecule has 6 nitrogen and oxygen atoms in total. The summed E-state index contributed by atoms with van der Waals surface area (Å²) >= 11 is 0. The van der Waals surface area contributed by atoms with Crippen molar-refractivity contribution >= 4 is 24.0 Å². The van der Waals surface area contributed by atoms with E-state index in [0.29, 0.717) is 17.2 Å². The van der Waals surface area contributed by atoms with E-state index in [0.717, 1.165) is 19.3 Å². The quantitative estimate of drug-likeness (QED) is 0.778. The number of halogens is 1. The number of rotatable bonds is 2. The summed E-state index contributed by atoms with van der Waals surface area (Å²) in [7, 11) is 1.66. The third-order valence-electron chi connectivity index (χ3n) is 4.17. The van der Waals surface area contributed by atoms with Crippen molar-refractivity contribution in [1.82, 2.24) is 0 Å². The van der Waals surface area contributed by atoms with Crippen LogP contribution in [0.25, 0.3) is 0 Å². The molecule has 1 aliphatic carbocycles. The van der Waals surface area contributed by atoms with Crippen LogP contribution < -0.4 is 20.1 Å². The Morgan fingerprint density at radius 2 is 2.25 bits per heavy atom. The summed E-state index contributed by atoms with van der Waals surface area (Å²) in [5.74, 6) is 6.65. The first-order chi connectivity index (χ1) is 11.0. The van der Waals surface area contributed by atoms with Gasteiger partial charge in [-0.05, 0) is 31.4 Å². The summed E-state index contributed by atoms with van der Waals surface area (Å²) in [6.45, 7) is 0.333. The molecule has 130 valence electrons. The number of amides is 1. The molecule has 0 bridgehead atoms. The third kappa shape index (κ3) is 3.75. The molecule has 0 aromatic heterocycles. The van der Waals surface area contributed by atoms with Crippen LogP contribution in [0, 0.1) is 11.8 Å². The highest BCUT2D eigenvalue weighted by atomic mass is 35.5. The van der Waals surface area contributed by atoms with Gasteiger partial charge in [-0.2, -0.15) is 0 Å². The average Bonchev–Trinajstić information content (AvgIpc) is 2.63. The molecule has 1 aromatic carbocycles. The van der Waals surface area contributed by atoms with Crippen LogP contribution in [0.4, 0.5) is 5.69 Å². The van der Waals surface area contributed by atoms with Crippen LogP contribution in [0.3, 0.4) is 0 Å². The minimum Gasteiger partial charge on any atom is -0.489 e. The monoisotopic (exact) mass is 352 g/mol. The number of hydrogen-bond acceptors (Lipinski definition) is 5. The van der Waals surface area contributed by atoms with Crippen molar-refractivity contribution in [2.24, 2.45) is 5.73 Å². The summed E-state index contributed by atoms with van der Waals surface area (Å²) in [5.41, 5.74) is 5.55. The topological polar surface area (TPSA) is 85.0 Å². The fourth-order valence-corrected chi connectivity index (χ4v) is 2.55. The lowest BCUT2D eigenvalue weighted by molar-refractivity contribution is -0.119. The Labute approximate surface area is 147 Å². The van der Waals surface area contributed by atoms with E-state index in [1.165, 1.54) is 4.90 Å². The van der Waals surface area contributed by atoms with Crippen molar-refractivity contribution in [3.8, 4) is 23.3 Å². The Kier molecular flexibility index (Phi) is 5.60. The standard InChI is InChI=1S/C17H20N2O4.ClH/c1-19-14-10-12(22-9-3-8-17(21)6-2-7-17)4-5-15(14)23-11-13(18)16(19)20;/h4-5,10,13,21H,2,6-7,9,11,18H2,1H3;1H/t13-;/m0./s1. The molecule has 1 aromatic rings. The molecule has 1 heterocycles. The van der Waals surface area contributed by atoms with E-state index < -0.39 is 11.6 Å². The number of ether oxygens (including phenoxy) is 2. The summed E-state index contributed by atoms with van der Waals surface area (Å²) in [6, 6.07) is 4.56. The first-order valence-electron chi connectivity index (χ1n) is 7.64. The van der Waals surface area contributed by atoms with Crippen molar-refractivity contribution < 1.29 is 19.4 Å². The van der Waals surface area contributed by atoms with Crippen LogP contribution in [0.1, 0.15) is 19.3 Å². The maximum absolute atomic E-state index is 12.1. The molecule has 7 heteroatoms. The van der Waals surface area contributed by atoms with Gasteiger partial charge >= 0.3 is 0 Å². The summed E-state index contributed by atoms with van der Waals surface area (Å²) in [6.07, 6.45) is 2.46. The molecule has 24 heavy (non-hydrogen) atoms. The fraction of sp³-hybridized carbons (Fsp3) is 0.471. The minimum absolute atomic E-state index is 0. The molecular formula is C17H21ClN2O4. The molecule has 0 spiro atoms. The Balaban J connectivity index is 0.00000208. The molecule has 1 amide bonds. The maximum Gasteiger partial charge on any atom is 0.247 e. The highest BCUT2D eigenvalue weighted by Gasteiger charge is 2.32. The number of carbonyl (C=O) groups excluding carboxylic acids is 1. The lowest BCUT2D eigenvalue weighted by Crippen LogP contribution is -2.43. The van der Waals surface area contributed by atoms with Crippen LogP contribution in [-0.4, -0.2) is 42.9 Å². The second-order valence-electron chi connectivity index (χ2n) is 5.92. The number of anilines is 1. The molecule has 0 radical (unpaired) electrons. The number of nitrogens with two attached hydrogens (primary N) is 1. The Hall–Kier alpha value is -1.94. The Morgan fingerprint density at radius 3 is 2.92 bits per heavy atom. The molecule has 1 fully saturated rings. The van der Waals surface area contributed by atoms with Crippen LogP contribution in [0.15, 0.2) is 18.2 Å². The zero-order chi connectivity index (χ0) is 16.4. The number of carbonyl (C=O) groups is 1. The zero-order valence-corrected chi connectivity index (χ0v) is 14.3. The molecule has 1 atom stereocenters. The van der Waals surface area contributed by atoms with Gasteiger partial charge in [0.2, 0.25) is 5.91 Å². The molecule has 0 saturated heterocycles. The third-order valence-corrected chi connectivity index (χ3v) is 4.17. The number of nitrogens with zero attached hydrogens (tertiary/aromatic N) is 1. The first kappa shape index (κ1) is 18.4. The zero-order valence-electron chi connectivity index (χ0n) is 13.4. The van der Waals surface area contributed by atoms with Gasteiger partial charge in [0.25, 0.3) is 0 Å². The van der Waals surface area contributed by atoms with Gasteiger partial charge in [-0.15, -0.1) is 12.4 Å². The van der Waals surface area contributed by atoms with Crippen molar-refractivity contribution in [2.75, 3.05) is 25.2 Å². The number of benzene rings is 1. The van der Waals surface area contributed by atoms with E-state index in [2.05, 4.69) is 11.8 Å². The van der Waals surface area contributed by atoms with E-state index in [1.54, 1.807) is 25.2 Å². The fourth-order valence-electron chi connectivity index (χ4n) is 2.55. The lowest BCUT2D eigenvalue weighted by atomic mass is 9.81. The van der Waals surface area contributed by atoms with Crippen LogP contribution in [0.2, 0.25) is 0 Å². The van der Waals surface area contributed by atoms with Crippen LogP contribution in [-0.2, 0) is 4.79 Å². The number of fused-ring (bicyclic) bond motifs is 1.